The van der Waals surface area contributed by atoms with Crippen LogP contribution in [0.3, 0.4) is 0 Å². The molecule has 0 spiro atoms. The number of hydrogen-bond acceptors (Lipinski definition) is 5. The number of carbonyl (C=O) groups is 2. The van der Waals surface area contributed by atoms with Gasteiger partial charge in [0.15, 0.2) is 0 Å². The summed E-state index contributed by atoms with van der Waals surface area (Å²) in [6.07, 6.45) is 0.178. The summed E-state index contributed by atoms with van der Waals surface area (Å²) in [4.78, 5) is 35.9. The number of non-ortho nitro benzene ring substituents is 1. The summed E-state index contributed by atoms with van der Waals surface area (Å²) in [7, 11) is 3.95. The van der Waals surface area contributed by atoms with E-state index in [1.165, 1.54) is 24.3 Å². The van der Waals surface area contributed by atoms with Crippen LogP contribution in [-0.4, -0.2) is 54.9 Å². The predicted octanol–water partition coefficient (Wildman–Crippen LogP) is 1.42. The zero-order valence-electron chi connectivity index (χ0n) is 15.1. The summed E-state index contributed by atoms with van der Waals surface area (Å²) in [6.45, 7) is 4.96. The number of amides is 2. The fraction of sp³-hybridized carbons (Fsp3) is 0.529. The second-order valence-corrected chi connectivity index (χ2v) is 6.39. The average molecular weight is 350 g/mol. The molecular formula is C17H26N4O4. The molecule has 0 aliphatic carbocycles. The Kier molecular flexibility index (Phi) is 8.00. The molecule has 1 rings (SSSR count). The Bertz CT molecular complexity index is 591. The van der Waals surface area contributed by atoms with Gasteiger partial charge in [-0.1, -0.05) is 13.8 Å². The van der Waals surface area contributed by atoms with E-state index >= 15 is 0 Å². The second kappa shape index (κ2) is 9.73. The van der Waals surface area contributed by atoms with Gasteiger partial charge in [-0.2, -0.15) is 0 Å². The number of nitrogens with one attached hydrogen (secondary N) is 2. The maximum atomic E-state index is 11.9. The van der Waals surface area contributed by atoms with E-state index in [9.17, 15) is 19.7 Å². The number of carbonyl (C=O) groups excluding carboxylic acids is 2. The van der Waals surface area contributed by atoms with Crippen LogP contribution in [0.2, 0.25) is 0 Å². The van der Waals surface area contributed by atoms with Crippen molar-refractivity contribution >= 4 is 17.5 Å². The van der Waals surface area contributed by atoms with Crippen LogP contribution in [0.1, 0.15) is 30.6 Å². The van der Waals surface area contributed by atoms with Crippen LogP contribution in [0.15, 0.2) is 24.3 Å². The fourth-order valence-electron chi connectivity index (χ4n) is 2.45. The zero-order chi connectivity index (χ0) is 19.0. The molecule has 1 aromatic rings. The third-order valence-electron chi connectivity index (χ3n) is 3.92. The second-order valence-electron chi connectivity index (χ2n) is 6.39. The topological polar surface area (TPSA) is 105 Å². The molecule has 0 radical (unpaired) electrons. The van der Waals surface area contributed by atoms with Crippen LogP contribution in [0, 0.1) is 16.0 Å². The first kappa shape index (κ1) is 20.6. The summed E-state index contributed by atoms with van der Waals surface area (Å²) >= 11 is 0. The molecule has 0 saturated carbocycles. The van der Waals surface area contributed by atoms with Crippen LogP contribution in [0.4, 0.5) is 5.69 Å². The molecule has 0 aromatic heterocycles. The van der Waals surface area contributed by atoms with Gasteiger partial charge >= 0.3 is 0 Å². The van der Waals surface area contributed by atoms with Gasteiger partial charge in [0.05, 0.1) is 4.92 Å². The maximum Gasteiger partial charge on any atom is 0.269 e. The van der Waals surface area contributed by atoms with E-state index in [-0.39, 0.29) is 36.5 Å². The molecule has 1 unspecified atom stereocenters. The molecule has 0 aliphatic heterocycles. The molecule has 2 amide bonds. The minimum atomic E-state index is -0.524. The Morgan fingerprint density at radius 2 is 1.76 bits per heavy atom. The highest BCUT2D eigenvalue weighted by atomic mass is 16.6. The van der Waals surface area contributed by atoms with Crippen molar-refractivity contribution in [1.82, 2.24) is 15.5 Å². The SMILES string of the molecule is CC(C)C(CNC(=O)CCNC(=O)c1ccc([N+](=O)[O-])cc1)N(C)C. The molecule has 0 heterocycles. The molecule has 8 nitrogen and oxygen atoms in total. The Hall–Kier alpha value is -2.48. The third-order valence-corrected chi connectivity index (χ3v) is 3.92. The highest BCUT2D eigenvalue weighted by molar-refractivity contribution is 5.94. The molecule has 0 bridgehead atoms. The highest BCUT2D eigenvalue weighted by Crippen LogP contribution is 2.11. The van der Waals surface area contributed by atoms with E-state index in [2.05, 4.69) is 29.4 Å². The number of likely N-dealkylation sites (N-methyl/N-ethyl adjacent to an activating group) is 1. The zero-order valence-corrected chi connectivity index (χ0v) is 15.1. The summed E-state index contributed by atoms with van der Waals surface area (Å²) in [6, 6.07) is 5.57. The van der Waals surface area contributed by atoms with Gasteiger partial charge in [0, 0.05) is 43.2 Å². The van der Waals surface area contributed by atoms with Gasteiger partial charge < -0.3 is 15.5 Å². The molecule has 2 N–H and O–H groups in total. The Balaban J connectivity index is 2.37. The molecule has 1 aromatic carbocycles. The molecule has 8 heteroatoms. The molecule has 0 saturated heterocycles. The number of rotatable bonds is 9. The Labute approximate surface area is 147 Å². The molecule has 0 fully saturated rings. The largest absolute Gasteiger partial charge is 0.354 e. The van der Waals surface area contributed by atoms with E-state index in [1.807, 2.05) is 14.1 Å². The quantitative estimate of drug-likeness (QED) is 0.518. The van der Waals surface area contributed by atoms with Gasteiger partial charge in [-0.05, 0) is 32.1 Å². The minimum Gasteiger partial charge on any atom is -0.354 e. The van der Waals surface area contributed by atoms with Crippen molar-refractivity contribution in [2.24, 2.45) is 5.92 Å². The van der Waals surface area contributed by atoms with Gasteiger partial charge in [0.25, 0.3) is 11.6 Å². The van der Waals surface area contributed by atoms with Crippen molar-refractivity contribution in [2.45, 2.75) is 26.3 Å². The number of nitro groups is 1. The Morgan fingerprint density at radius 3 is 2.24 bits per heavy atom. The number of nitrogens with zero attached hydrogens (tertiary/aromatic N) is 2. The lowest BCUT2D eigenvalue weighted by molar-refractivity contribution is -0.384. The molecule has 25 heavy (non-hydrogen) atoms. The van der Waals surface area contributed by atoms with Crippen LogP contribution in [0.25, 0.3) is 0 Å². The Morgan fingerprint density at radius 1 is 1.16 bits per heavy atom. The lowest BCUT2D eigenvalue weighted by Gasteiger charge is -2.28. The van der Waals surface area contributed by atoms with Crippen molar-refractivity contribution < 1.29 is 14.5 Å². The van der Waals surface area contributed by atoms with Gasteiger partial charge in [-0.25, -0.2) is 0 Å². The van der Waals surface area contributed by atoms with Crippen molar-refractivity contribution in [3.05, 3.63) is 39.9 Å². The number of benzene rings is 1. The first-order valence-electron chi connectivity index (χ1n) is 8.18. The van der Waals surface area contributed by atoms with Crippen LogP contribution < -0.4 is 10.6 Å². The van der Waals surface area contributed by atoms with Crippen LogP contribution in [0.5, 0.6) is 0 Å². The van der Waals surface area contributed by atoms with Gasteiger partial charge in [0.2, 0.25) is 5.91 Å². The maximum absolute atomic E-state index is 11.9. The van der Waals surface area contributed by atoms with Crippen molar-refractivity contribution in [2.75, 3.05) is 27.2 Å². The summed E-state index contributed by atoms with van der Waals surface area (Å²) in [5.41, 5.74) is 0.245. The van der Waals surface area contributed by atoms with E-state index in [1.54, 1.807) is 0 Å². The van der Waals surface area contributed by atoms with Gasteiger partial charge in [0.1, 0.15) is 0 Å². The smallest absolute Gasteiger partial charge is 0.269 e. The molecular weight excluding hydrogens is 324 g/mol. The normalized spacial score (nSPS) is 12.1. The number of nitro benzene ring substituents is 1. The first-order chi connectivity index (χ1) is 11.7. The van der Waals surface area contributed by atoms with Crippen LogP contribution in [-0.2, 0) is 4.79 Å². The van der Waals surface area contributed by atoms with E-state index < -0.39 is 4.92 Å². The van der Waals surface area contributed by atoms with E-state index in [0.29, 0.717) is 18.0 Å². The summed E-state index contributed by atoms with van der Waals surface area (Å²) < 4.78 is 0. The minimum absolute atomic E-state index is 0.0727. The van der Waals surface area contributed by atoms with Crippen molar-refractivity contribution in [1.29, 1.82) is 0 Å². The molecule has 0 aliphatic rings. The lowest BCUT2D eigenvalue weighted by Crippen LogP contribution is -2.43. The monoisotopic (exact) mass is 350 g/mol. The van der Waals surface area contributed by atoms with E-state index in [4.69, 9.17) is 0 Å². The first-order valence-corrected chi connectivity index (χ1v) is 8.18. The van der Waals surface area contributed by atoms with Gasteiger partial charge in [-0.15, -0.1) is 0 Å². The van der Waals surface area contributed by atoms with Crippen molar-refractivity contribution in [3.63, 3.8) is 0 Å². The average Bonchev–Trinajstić information content (AvgIpc) is 2.54. The predicted molar refractivity (Wildman–Crippen MR) is 95.4 cm³/mol. The fourth-order valence-corrected chi connectivity index (χ4v) is 2.45. The third kappa shape index (κ3) is 6.88. The van der Waals surface area contributed by atoms with Gasteiger partial charge in [-0.3, -0.25) is 19.7 Å². The highest BCUT2D eigenvalue weighted by Gasteiger charge is 2.16. The number of hydrogen-bond donors (Lipinski definition) is 2. The standard InChI is InChI=1S/C17H26N4O4/c1-12(2)15(20(3)4)11-19-16(22)9-10-18-17(23)13-5-7-14(8-6-13)21(24)25/h5-8,12,15H,9-11H2,1-4H3,(H,18,23)(H,19,22). The molecule has 138 valence electrons. The van der Waals surface area contributed by atoms with Crippen LogP contribution >= 0.6 is 0 Å². The summed E-state index contributed by atoms with van der Waals surface area (Å²) in [5, 5.41) is 16.1. The van der Waals surface area contributed by atoms with E-state index in [0.717, 1.165) is 0 Å². The van der Waals surface area contributed by atoms with Crippen molar-refractivity contribution in [3.8, 4) is 0 Å². The summed E-state index contributed by atoms with van der Waals surface area (Å²) in [5.74, 6) is -0.0790. The lowest BCUT2D eigenvalue weighted by atomic mass is 10.0. The molecule has 1 atom stereocenters.